The van der Waals surface area contributed by atoms with E-state index in [1.54, 1.807) is 4.90 Å². The largest absolute Gasteiger partial charge is 0.154 e. The lowest BCUT2D eigenvalue weighted by Gasteiger charge is -2.06. The SMILES string of the molecule is CCCCCCCCCCCCCCCCCC[S+](CC)c1ccccc1. The number of rotatable bonds is 19. The average Bonchev–Trinajstić information content (AvgIpc) is 2.71. The van der Waals surface area contributed by atoms with Crippen molar-refractivity contribution in [1.82, 2.24) is 0 Å². The Hall–Kier alpha value is -0.430. The minimum absolute atomic E-state index is 0.488. The van der Waals surface area contributed by atoms with Gasteiger partial charge in [-0.25, -0.2) is 0 Å². The minimum Gasteiger partial charge on any atom is -0.0654 e. The smallest absolute Gasteiger partial charge is 0.0654 e. The molecule has 0 fully saturated rings. The van der Waals surface area contributed by atoms with Crippen molar-refractivity contribution in [2.45, 2.75) is 121 Å². The molecule has 0 saturated carbocycles. The maximum atomic E-state index is 2.35. The fraction of sp³-hybridized carbons (Fsp3) is 0.769. The summed E-state index contributed by atoms with van der Waals surface area (Å²) in [4.78, 5) is 1.57. The lowest BCUT2D eigenvalue weighted by atomic mass is 10.0. The van der Waals surface area contributed by atoms with Crippen molar-refractivity contribution in [2.24, 2.45) is 0 Å². The summed E-state index contributed by atoms with van der Waals surface area (Å²) in [5.74, 6) is 2.71. The molecule has 1 aromatic carbocycles. The zero-order valence-electron chi connectivity index (χ0n) is 18.5. The molecule has 1 unspecified atom stereocenters. The Kier molecular flexibility index (Phi) is 17.2. The van der Waals surface area contributed by atoms with Gasteiger partial charge in [-0.15, -0.1) is 0 Å². The predicted molar refractivity (Wildman–Crippen MR) is 127 cm³/mol. The molecule has 156 valence electrons. The van der Waals surface area contributed by atoms with Gasteiger partial charge in [-0.2, -0.15) is 0 Å². The molecular formula is C26H47S+. The minimum atomic E-state index is 0.488. The second-order valence-electron chi connectivity index (χ2n) is 8.10. The molecule has 0 aliphatic carbocycles. The summed E-state index contributed by atoms with van der Waals surface area (Å²) < 4.78 is 0. The first kappa shape index (κ1) is 24.6. The molecule has 0 spiro atoms. The number of hydrogen-bond acceptors (Lipinski definition) is 0. The van der Waals surface area contributed by atoms with Crippen molar-refractivity contribution >= 4 is 10.9 Å². The van der Waals surface area contributed by atoms with Crippen molar-refractivity contribution in [2.75, 3.05) is 11.5 Å². The third-order valence-corrected chi connectivity index (χ3v) is 8.09. The van der Waals surface area contributed by atoms with Gasteiger partial charge < -0.3 is 0 Å². The fourth-order valence-electron chi connectivity index (χ4n) is 3.87. The van der Waals surface area contributed by atoms with Crippen LogP contribution < -0.4 is 0 Å². The van der Waals surface area contributed by atoms with Gasteiger partial charge in [0.2, 0.25) is 0 Å². The van der Waals surface area contributed by atoms with E-state index >= 15 is 0 Å². The van der Waals surface area contributed by atoms with Crippen LogP contribution in [0.25, 0.3) is 0 Å². The fourth-order valence-corrected chi connectivity index (χ4v) is 5.82. The molecule has 0 heterocycles. The Labute approximate surface area is 174 Å². The summed E-state index contributed by atoms with van der Waals surface area (Å²) in [5.41, 5.74) is 0. The van der Waals surface area contributed by atoms with Crippen molar-refractivity contribution in [3.05, 3.63) is 30.3 Å². The first-order chi connectivity index (χ1) is 13.4. The normalized spacial score (nSPS) is 12.4. The second-order valence-corrected chi connectivity index (χ2v) is 10.5. The van der Waals surface area contributed by atoms with Gasteiger partial charge in [0.25, 0.3) is 0 Å². The molecule has 0 N–H and O–H groups in total. The van der Waals surface area contributed by atoms with Gasteiger partial charge in [-0.1, -0.05) is 115 Å². The number of benzene rings is 1. The molecule has 0 radical (unpaired) electrons. The molecule has 0 aliphatic rings. The van der Waals surface area contributed by atoms with Crippen molar-refractivity contribution in [3.8, 4) is 0 Å². The van der Waals surface area contributed by atoms with Gasteiger partial charge in [0, 0.05) is 10.9 Å². The van der Waals surface area contributed by atoms with Gasteiger partial charge in [0.05, 0.1) is 0 Å². The first-order valence-electron chi connectivity index (χ1n) is 12.1. The lowest BCUT2D eigenvalue weighted by molar-refractivity contribution is 0.531. The predicted octanol–water partition coefficient (Wildman–Crippen LogP) is 8.95. The van der Waals surface area contributed by atoms with E-state index in [9.17, 15) is 0 Å². The van der Waals surface area contributed by atoms with Crippen molar-refractivity contribution < 1.29 is 0 Å². The standard InChI is InChI=1S/C26H47S/c1-3-5-6-7-8-9-10-11-12-13-14-15-16-17-18-22-25-27(4-2)26-23-20-19-21-24-26/h19-21,23-24H,3-18,22,25H2,1-2H3/q+1. The molecule has 1 atom stereocenters. The Morgan fingerprint density at radius 1 is 0.519 bits per heavy atom. The van der Waals surface area contributed by atoms with E-state index < -0.39 is 0 Å². The van der Waals surface area contributed by atoms with E-state index in [4.69, 9.17) is 0 Å². The summed E-state index contributed by atoms with van der Waals surface area (Å²) in [6.45, 7) is 4.65. The maximum absolute atomic E-state index is 2.35. The third-order valence-electron chi connectivity index (χ3n) is 5.67. The summed E-state index contributed by atoms with van der Waals surface area (Å²) in [6.07, 6.45) is 23.3. The highest BCUT2D eigenvalue weighted by Gasteiger charge is 2.17. The van der Waals surface area contributed by atoms with E-state index in [0.717, 1.165) is 0 Å². The van der Waals surface area contributed by atoms with Crippen LogP contribution in [0.4, 0.5) is 0 Å². The molecule has 1 heteroatoms. The Bertz CT molecular complexity index is 400. The van der Waals surface area contributed by atoms with Crippen LogP contribution in [0.15, 0.2) is 35.2 Å². The molecule has 0 aliphatic heterocycles. The molecule has 1 aromatic rings. The van der Waals surface area contributed by atoms with Gasteiger partial charge in [-0.05, 0) is 31.9 Å². The Morgan fingerprint density at radius 2 is 0.926 bits per heavy atom. The lowest BCUT2D eigenvalue weighted by Crippen LogP contribution is -2.10. The van der Waals surface area contributed by atoms with E-state index in [1.165, 1.54) is 114 Å². The zero-order valence-corrected chi connectivity index (χ0v) is 19.3. The van der Waals surface area contributed by atoms with Crippen LogP contribution in [0.2, 0.25) is 0 Å². The van der Waals surface area contributed by atoms with E-state index in [-0.39, 0.29) is 0 Å². The highest BCUT2D eigenvalue weighted by molar-refractivity contribution is 7.96. The Balaban J connectivity index is 1.81. The number of unbranched alkanes of at least 4 members (excludes halogenated alkanes) is 15. The summed E-state index contributed by atoms with van der Waals surface area (Å²) in [7, 11) is 0.488. The van der Waals surface area contributed by atoms with Gasteiger partial charge in [-0.3, -0.25) is 0 Å². The van der Waals surface area contributed by atoms with E-state index in [0.29, 0.717) is 10.9 Å². The van der Waals surface area contributed by atoms with E-state index in [2.05, 4.69) is 44.2 Å². The number of hydrogen-bond donors (Lipinski definition) is 0. The molecule has 0 bridgehead atoms. The van der Waals surface area contributed by atoms with Crippen molar-refractivity contribution in [3.63, 3.8) is 0 Å². The summed E-state index contributed by atoms with van der Waals surface area (Å²) >= 11 is 0. The van der Waals surface area contributed by atoms with Crippen LogP contribution in [-0.2, 0) is 10.9 Å². The van der Waals surface area contributed by atoms with Crippen LogP contribution in [0.1, 0.15) is 117 Å². The third kappa shape index (κ3) is 14.3. The molecule has 0 amide bonds. The molecule has 27 heavy (non-hydrogen) atoms. The molecular weight excluding hydrogens is 344 g/mol. The molecule has 0 saturated heterocycles. The van der Waals surface area contributed by atoms with Crippen LogP contribution in [-0.4, -0.2) is 11.5 Å². The summed E-state index contributed by atoms with van der Waals surface area (Å²) in [6, 6.07) is 11.2. The quantitative estimate of drug-likeness (QED) is 0.163. The van der Waals surface area contributed by atoms with Crippen LogP contribution in [0, 0.1) is 0 Å². The highest BCUT2D eigenvalue weighted by Crippen LogP contribution is 2.17. The van der Waals surface area contributed by atoms with Crippen molar-refractivity contribution in [1.29, 1.82) is 0 Å². The van der Waals surface area contributed by atoms with E-state index in [1.807, 2.05) is 0 Å². The van der Waals surface area contributed by atoms with Crippen LogP contribution >= 0.6 is 0 Å². The van der Waals surface area contributed by atoms with Crippen LogP contribution in [0.5, 0.6) is 0 Å². The monoisotopic (exact) mass is 391 g/mol. The van der Waals surface area contributed by atoms with Gasteiger partial charge in [0.15, 0.2) is 4.90 Å². The second kappa shape index (κ2) is 18.9. The molecule has 1 rings (SSSR count). The highest BCUT2D eigenvalue weighted by atomic mass is 32.2. The molecule has 0 nitrogen and oxygen atoms in total. The topological polar surface area (TPSA) is 0 Å². The Morgan fingerprint density at radius 3 is 1.33 bits per heavy atom. The zero-order chi connectivity index (χ0) is 19.4. The summed E-state index contributed by atoms with van der Waals surface area (Å²) in [5, 5.41) is 0. The van der Waals surface area contributed by atoms with Crippen LogP contribution in [0.3, 0.4) is 0 Å². The van der Waals surface area contributed by atoms with Gasteiger partial charge >= 0.3 is 0 Å². The first-order valence-corrected chi connectivity index (χ1v) is 13.7. The average molecular weight is 392 g/mol. The van der Waals surface area contributed by atoms with Gasteiger partial charge in [0.1, 0.15) is 11.5 Å². The molecule has 0 aromatic heterocycles. The maximum Gasteiger partial charge on any atom is 0.154 e.